The smallest absolute Gasteiger partial charge is 0.408 e. The molecule has 2 heterocycles. The number of nitrogens with zero attached hydrogens (tertiary/aromatic N) is 1. The summed E-state index contributed by atoms with van der Waals surface area (Å²) in [6, 6.07) is 3.21. The van der Waals surface area contributed by atoms with Gasteiger partial charge in [-0.25, -0.2) is 14.6 Å². The molecule has 1 aromatic rings. The Hall–Kier alpha value is -2.88. The Bertz CT molecular complexity index is 858. The van der Waals surface area contributed by atoms with Gasteiger partial charge in [-0.2, -0.15) is 0 Å². The molecule has 1 aliphatic carbocycles. The van der Waals surface area contributed by atoms with Gasteiger partial charge >= 0.3 is 12.1 Å². The molecule has 34 heavy (non-hydrogen) atoms. The van der Waals surface area contributed by atoms with Crippen LogP contribution in [0.25, 0.3) is 0 Å². The molecule has 2 amide bonds. The summed E-state index contributed by atoms with van der Waals surface area (Å²) in [5.41, 5.74) is 2.42. The number of alkyl carbamates (subject to hydrolysis) is 1. The van der Waals surface area contributed by atoms with Gasteiger partial charge in [0.2, 0.25) is 5.91 Å². The van der Waals surface area contributed by atoms with Crippen molar-refractivity contribution < 1.29 is 29.0 Å². The van der Waals surface area contributed by atoms with E-state index in [1.54, 1.807) is 6.92 Å². The summed E-state index contributed by atoms with van der Waals surface area (Å²) in [6.07, 6.45) is 5.04. The lowest BCUT2D eigenvalue weighted by molar-refractivity contribution is -0.140. The second-order valence-corrected chi connectivity index (χ2v) is 9.19. The van der Waals surface area contributed by atoms with Gasteiger partial charge in [-0.15, -0.1) is 0 Å². The Morgan fingerprint density at radius 3 is 2.82 bits per heavy atom. The standard InChI is InChI=1S/C24H36N4O6/c1-15(14-26-16(2)29)34-24(32)28-21(23(30)31)9-11-33-20-12-17(13-20)5-7-19-8-6-18-4-3-10-25-22(18)27-19/h6,8,15,17,20-21H,3-5,7,9-14H2,1-2H3,(H,25,27)(H,26,29)(H,28,32)(H,30,31)/t15?,17-,20-,21?. The van der Waals surface area contributed by atoms with Gasteiger partial charge in [0.25, 0.3) is 0 Å². The molecule has 0 saturated heterocycles. The minimum absolute atomic E-state index is 0.127. The van der Waals surface area contributed by atoms with Gasteiger partial charge in [0.05, 0.1) is 12.6 Å². The summed E-state index contributed by atoms with van der Waals surface area (Å²) >= 11 is 0. The number of carboxylic acid groups (broad SMARTS) is 1. The number of carbonyl (C=O) groups excluding carboxylic acids is 2. The molecule has 2 atom stereocenters. The van der Waals surface area contributed by atoms with Gasteiger partial charge in [0, 0.05) is 32.2 Å². The van der Waals surface area contributed by atoms with Crippen LogP contribution in [0.1, 0.15) is 57.2 Å². The highest BCUT2D eigenvalue weighted by atomic mass is 16.6. The van der Waals surface area contributed by atoms with E-state index in [0.717, 1.165) is 56.6 Å². The molecular formula is C24H36N4O6. The molecular weight excluding hydrogens is 440 g/mol. The number of aromatic nitrogens is 1. The van der Waals surface area contributed by atoms with Gasteiger partial charge in [-0.3, -0.25) is 4.79 Å². The summed E-state index contributed by atoms with van der Waals surface area (Å²) in [5.74, 6) is 0.242. The first kappa shape index (κ1) is 25.7. The van der Waals surface area contributed by atoms with Crippen molar-refractivity contribution in [3.63, 3.8) is 0 Å². The molecule has 10 heteroatoms. The van der Waals surface area contributed by atoms with Crippen LogP contribution in [-0.2, 0) is 31.9 Å². The van der Waals surface area contributed by atoms with Crippen LogP contribution < -0.4 is 16.0 Å². The average molecular weight is 477 g/mol. The van der Waals surface area contributed by atoms with Crippen molar-refractivity contribution in [3.05, 3.63) is 23.4 Å². The minimum atomic E-state index is -1.14. The fraction of sp³-hybridized carbons (Fsp3) is 0.667. The Kier molecular flexibility index (Phi) is 9.50. The number of aryl methyl sites for hydroxylation is 2. The molecule has 0 aromatic carbocycles. The van der Waals surface area contributed by atoms with Crippen molar-refractivity contribution in [3.8, 4) is 0 Å². The van der Waals surface area contributed by atoms with Crippen LogP contribution in [0.3, 0.4) is 0 Å². The van der Waals surface area contributed by atoms with Crippen LogP contribution >= 0.6 is 0 Å². The lowest BCUT2D eigenvalue weighted by Crippen LogP contribution is -2.44. The van der Waals surface area contributed by atoms with Crippen LogP contribution in [0.2, 0.25) is 0 Å². The number of pyridine rings is 1. The largest absolute Gasteiger partial charge is 0.480 e. The van der Waals surface area contributed by atoms with E-state index in [0.29, 0.717) is 5.92 Å². The number of fused-ring (bicyclic) bond motifs is 1. The maximum atomic E-state index is 11.9. The number of ether oxygens (including phenoxy) is 2. The third-order valence-electron chi connectivity index (χ3n) is 6.25. The first-order chi connectivity index (χ1) is 16.3. The van der Waals surface area contributed by atoms with Gasteiger partial charge in [0.15, 0.2) is 0 Å². The zero-order valence-electron chi connectivity index (χ0n) is 20.0. The second-order valence-electron chi connectivity index (χ2n) is 9.19. The number of carboxylic acids is 1. The van der Waals surface area contributed by atoms with Crippen LogP contribution in [0.4, 0.5) is 10.6 Å². The van der Waals surface area contributed by atoms with Crippen molar-refractivity contribution in [2.24, 2.45) is 5.92 Å². The van der Waals surface area contributed by atoms with E-state index < -0.39 is 24.2 Å². The van der Waals surface area contributed by atoms with Crippen molar-refractivity contribution in [1.29, 1.82) is 0 Å². The van der Waals surface area contributed by atoms with Crippen molar-refractivity contribution in [2.75, 3.05) is 25.0 Å². The van der Waals surface area contributed by atoms with Crippen molar-refractivity contribution >= 4 is 23.8 Å². The lowest BCUT2D eigenvalue weighted by atomic mass is 9.79. The molecule has 4 N–H and O–H groups in total. The number of nitrogens with one attached hydrogen (secondary N) is 3. The molecule has 2 aliphatic rings. The molecule has 0 radical (unpaired) electrons. The number of anilines is 1. The van der Waals surface area contributed by atoms with E-state index in [-0.39, 0.29) is 31.6 Å². The number of rotatable bonds is 12. The molecule has 0 spiro atoms. The van der Waals surface area contributed by atoms with Gasteiger partial charge in [-0.05, 0) is 63.0 Å². The second kappa shape index (κ2) is 12.5. The fourth-order valence-electron chi connectivity index (χ4n) is 4.20. The Labute approximate surface area is 200 Å². The number of aliphatic carboxylic acids is 1. The Morgan fingerprint density at radius 1 is 1.29 bits per heavy atom. The molecule has 1 fully saturated rings. The average Bonchev–Trinajstić information content (AvgIpc) is 2.77. The molecule has 0 bridgehead atoms. The summed E-state index contributed by atoms with van der Waals surface area (Å²) < 4.78 is 10.9. The fourth-order valence-corrected chi connectivity index (χ4v) is 4.20. The molecule has 188 valence electrons. The molecule has 3 rings (SSSR count). The molecule has 1 aliphatic heterocycles. The number of carbonyl (C=O) groups is 3. The van der Waals surface area contributed by atoms with Gasteiger partial charge in [-0.1, -0.05) is 6.07 Å². The van der Waals surface area contributed by atoms with Gasteiger partial charge < -0.3 is 30.5 Å². The summed E-state index contributed by atoms with van der Waals surface area (Å²) in [4.78, 5) is 39.0. The molecule has 1 aromatic heterocycles. The summed E-state index contributed by atoms with van der Waals surface area (Å²) in [5, 5.41) is 17.6. The Morgan fingerprint density at radius 2 is 2.09 bits per heavy atom. The minimum Gasteiger partial charge on any atom is -0.480 e. The maximum Gasteiger partial charge on any atom is 0.408 e. The van der Waals surface area contributed by atoms with Crippen LogP contribution in [0.15, 0.2) is 12.1 Å². The maximum absolute atomic E-state index is 11.9. The third-order valence-corrected chi connectivity index (χ3v) is 6.25. The SMILES string of the molecule is CC(=O)NCC(C)OC(=O)NC(CCO[C@H]1C[C@H](CCc2ccc3c(n2)NCCC3)C1)C(=O)O. The first-order valence-electron chi connectivity index (χ1n) is 12.1. The van der Waals surface area contributed by atoms with E-state index >= 15 is 0 Å². The zero-order valence-corrected chi connectivity index (χ0v) is 20.0. The zero-order chi connectivity index (χ0) is 24.5. The van der Waals surface area contributed by atoms with Crippen LogP contribution in [0.5, 0.6) is 0 Å². The predicted octanol–water partition coefficient (Wildman–Crippen LogP) is 2.26. The van der Waals surface area contributed by atoms with Crippen molar-refractivity contribution in [2.45, 2.75) is 77.0 Å². The highest BCUT2D eigenvalue weighted by Gasteiger charge is 2.30. The highest BCUT2D eigenvalue weighted by Crippen LogP contribution is 2.34. The highest BCUT2D eigenvalue weighted by molar-refractivity contribution is 5.80. The number of amides is 2. The number of hydrogen-bond acceptors (Lipinski definition) is 7. The number of hydrogen-bond donors (Lipinski definition) is 4. The van der Waals surface area contributed by atoms with E-state index in [1.165, 1.54) is 12.5 Å². The van der Waals surface area contributed by atoms with Crippen LogP contribution in [0, 0.1) is 5.92 Å². The Balaban J connectivity index is 1.29. The lowest BCUT2D eigenvalue weighted by Gasteiger charge is -2.35. The van der Waals surface area contributed by atoms with E-state index in [2.05, 4.69) is 28.1 Å². The molecule has 2 unspecified atom stereocenters. The topological polar surface area (TPSA) is 139 Å². The monoisotopic (exact) mass is 476 g/mol. The van der Waals surface area contributed by atoms with Crippen molar-refractivity contribution in [1.82, 2.24) is 15.6 Å². The quantitative estimate of drug-likeness (QED) is 0.360. The van der Waals surface area contributed by atoms with Crippen LogP contribution in [-0.4, -0.2) is 66.0 Å². The third kappa shape index (κ3) is 8.16. The normalized spacial score (nSPS) is 20.6. The summed E-state index contributed by atoms with van der Waals surface area (Å²) in [7, 11) is 0. The van der Waals surface area contributed by atoms with E-state index in [1.807, 2.05) is 0 Å². The molecule has 10 nitrogen and oxygen atoms in total. The summed E-state index contributed by atoms with van der Waals surface area (Å²) in [6.45, 7) is 4.36. The molecule has 1 saturated carbocycles. The first-order valence-corrected chi connectivity index (χ1v) is 12.1. The predicted molar refractivity (Wildman–Crippen MR) is 126 cm³/mol. The van der Waals surface area contributed by atoms with E-state index in [4.69, 9.17) is 14.5 Å². The van der Waals surface area contributed by atoms with E-state index in [9.17, 15) is 19.5 Å². The van der Waals surface area contributed by atoms with Gasteiger partial charge in [0.1, 0.15) is 18.0 Å².